The molecule has 16 heavy (non-hydrogen) atoms. The number of nitro groups is 1. The molecular formula is C10H13N3O3. The van der Waals surface area contributed by atoms with Gasteiger partial charge in [-0.2, -0.15) is 0 Å². The third kappa shape index (κ3) is 3.32. The van der Waals surface area contributed by atoms with E-state index in [1.807, 2.05) is 0 Å². The van der Waals surface area contributed by atoms with Gasteiger partial charge in [0.1, 0.15) is 0 Å². The minimum atomic E-state index is -0.459. The average molecular weight is 223 g/mol. The molecule has 0 aliphatic carbocycles. The van der Waals surface area contributed by atoms with Crippen molar-refractivity contribution < 1.29 is 9.72 Å². The van der Waals surface area contributed by atoms with Crippen LogP contribution in [0.1, 0.15) is 12.5 Å². The maximum Gasteiger partial charge on any atom is 0.269 e. The van der Waals surface area contributed by atoms with Crippen molar-refractivity contribution in [2.24, 2.45) is 5.73 Å². The number of amides is 1. The monoisotopic (exact) mass is 223 g/mol. The fourth-order valence-electron chi connectivity index (χ4n) is 1.15. The number of carbonyl (C=O) groups excluding carboxylic acids is 1. The van der Waals surface area contributed by atoms with E-state index in [-0.39, 0.29) is 5.69 Å². The van der Waals surface area contributed by atoms with Crippen LogP contribution in [0.4, 0.5) is 5.69 Å². The molecule has 0 saturated carbocycles. The number of nitrogens with two attached hydrogens (primary N) is 1. The second-order valence-corrected chi connectivity index (χ2v) is 3.43. The Labute approximate surface area is 92.6 Å². The van der Waals surface area contributed by atoms with Gasteiger partial charge >= 0.3 is 0 Å². The SMILES string of the molecule is CC(NCc1cccc([N+](=O)[O-])c1)C(N)=O. The van der Waals surface area contributed by atoms with E-state index in [2.05, 4.69) is 5.32 Å². The van der Waals surface area contributed by atoms with Gasteiger partial charge in [-0.15, -0.1) is 0 Å². The lowest BCUT2D eigenvalue weighted by Crippen LogP contribution is -2.38. The average Bonchev–Trinajstić information content (AvgIpc) is 2.26. The zero-order valence-electron chi connectivity index (χ0n) is 8.84. The number of nitro benzene ring substituents is 1. The number of hydrogen-bond acceptors (Lipinski definition) is 4. The van der Waals surface area contributed by atoms with Crippen LogP contribution in [0.25, 0.3) is 0 Å². The smallest absolute Gasteiger partial charge is 0.269 e. The molecule has 6 nitrogen and oxygen atoms in total. The molecule has 0 aromatic heterocycles. The summed E-state index contributed by atoms with van der Waals surface area (Å²) in [6.07, 6.45) is 0. The summed E-state index contributed by atoms with van der Waals surface area (Å²) in [5, 5.41) is 13.4. The molecule has 1 atom stereocenters. The van der Waals surface area contributed by atoms with Gasteiger partial charge < -0.3 is 11.1 Å². The number of rotatable bonds is 5. The molecule has 6 heteroatoms. The van der Waals surface area contributed by atoms with Crippen molar-refractivity contribution >= 4 is 11.6 Å². The topological polar surface area (TPSA) is 98.3 Å². The quantitative estimate of drug-likeness (QED) is 0.562. The van der Waals surface area contributed by atoms with Crippen molar-refractivity contribution in [3.05, 3.63) is 39.9 Å². The Morgan fingerprint density at radius 3 is 2.88 bits per heavy atom. The van der Waals surface area contributed by atoms with E-state index in [0.717, 1.165) is 5.56 Å². The van der Waals surface area contributed by atoms with E-state index in [4.69, 9.17) is 5.73 Å². The Kier molecular flexibility index (Phi) is 3.96. The summed E-state index contributed by atoms with van der Waals surface area (Å²) in [6.45, 7) is 2.01. The number of carbonyl (C=O) groups is 1. The summed E-state index contributed by atoms with van der Waals surface area (Å²) in [6, 6.07) is 5.76. The zero-order chi connectivity index (χ0) is 12.1. The molecule has 0 heterocycles. The molecular weight excluding hydrogens is 210 g/mol. The van der Waals surface area contributed by atoms with Gasteiger partial charge in [-0.3, -0.25) is 14.9 Å². The molecule has 1 rings (SSSR count). The van der Waals surface area contributed by atoms with Crippen molar-refractivity contribution in [1.82, 2.24) is 5.32 Å². The highest BCUT2D eigenvalue weighted by Gasteiger charge is 2.09. The van der Waals surface area contributed by atoms with Crippen molar-refractivity contribution in [2.45, 2.75) is 19.5 Å². The standard InChI is InChI=1S/C10H13N3O3/c1-7(10(11)14)12-6-8-3-2-4-9(5-8)13(15)16/h2-5,7,12H,6H2,1H3,(H2,11,14). The van der Waals surface area contributed by atoms with E-state index in [0.29, 0.717) is 6.54 Å². The number of non-ortho nitro benzene ring substituents is 1. The number of nitrogens with zero attached hydrogens (tertiary/aromatic N) is 1. The lowest BCUT2D eigenvalue weighted by atomic mass is 10.2. The van der Waals surface area contributed by atoms with Crippen LogP contribution in [0.5, 0.6) is 0 Å². The highest BCUT2D eigenvalue weighted by atomic mass is 16.6. The normalized spacial score (nSPS) is 12.1. The maximum atomic E-state index is 10.7. The fraction of sp³-hybridized carbons (Fsp3) is 0.300. The highest BCUT2D eigenvalue weighted by Crippen LogP contribution is 2.12. The Balaban J connectivity index is 2.64. The summed E-state index contributed by atoms with van der Waals surface area (Å²) < 4.78 is 0. The number of benzene rings is 1. The summed E-state index contributed by atoms with van der Waals surface area (Å²) >= 11 is 0. The summed E-state index contributed by atoms with van der Waals surface area (Å²) in [5.41, 5.74) is 5.84. The van der Waals surface area contributed by atoms with Gasteiger partial charge in [0.05, 0.1) is 11.0 Å². The van der Waals surface area contributed by atoms with E-state index in [1.165, 1.54) is 12.1 Å². The predicted octanol–water partition coefficient (Wildman–Crippen LogP) is 0.558. The van der Waals surface area contributed by atoms with E-state index < -0.39 is 16.9 Å². The highest BCUT2D eigenvalue weighted by molar-refractivity contribution is 5.79. The van der Waals surface area contributed by atoms with Crippen molar-refractivity contribution in [3.8, 4) is 0 Å². The molecule has 0 spiro atoms. The summed E-state index contributed by atoms with van der Waals surface area (Å²) in [7, 11) is 0. The second-order valence-electron chi connectivity index (χ2n) is 3.43. The van der Waals surface area contributed by atoms with Crippen LogP contribution in [0.15, 0.2) is 24.3 Å². The maximum absolute atomic E-state index is 10.7. The Hall–Kier alpha value is -1.95. The van der Waals surface area contributed by atoms with Gasteiger partial charge in [-0.25, -0.2) is 0 Å². The van der Waals surface area contributed by atoms with E-state index in [9.17, 15) is 14.9 Å². The molecule has 0 fully saturated rings. The molecule has 1 aromatic rings. The van der Waals surface area contributed by atoms with Crippen LogP contribution < -0.4 is 11.1 Å². The molecule has 0 saturated heterocycles. The van der Waals surface area contributed by atoms with Gasteiger partial charge in [0.2, 0.25) is 5.91 Å². The van der Waals surface area contributed by atoms with Crippen molar-refractivity contribution in [3.63, 3.8) is 0 Å². The van der Waals surface area contributed by atoms with Crippen LogP contribution in [0.2, 0.25) is 0 Å². The molecule has 0 aliphatic heterocycles. The first kappa shape index (κ1) is 12.1. The lowest BCUT2D eigenvalue weighted by Gasteiger charge is -2.09. The van der Waals surface area contributed by atoms with Gasteiger partial charge in [0, 0.05) is 18.7 Å². The van der Waals surface area contributed by atoms with Crippen molar-refractivity contribution in [2.75, 3.05) is 0 Å². The summed E-state index contributed by atoms with van der Waals surface area (Å²) in [5.74, 6) is -0.453. The first-order valence-electron chi connectivity index (χ1n) is 4.76. The largest absolute Gasteiger partial charge is 0.368 e. The molecule has 3 N–H and O–H groups in total. The Morgan fingerprint density at radius 1 is 1.62 bits per heavy atom. The molecule has 0 radical (unpaired) electrons. The van der Waals surface area contributed by atoms with Crippen molar-refractivity contribution in [1.29, 1.82) is 0 Å². The van der Waals surface area contributed by atoms with Crippen LogP contribution in [-0.2, 0) is 11.3 Å². The molecule has 1 amide bonds. The number of nitrogens with one attached hydrogen (secondary N) is 1. The van der Waals surface area contributed by atoms with Gasteiger partial charge in [0.15, 0.2) is 0 Å². The minimum Gasteiger partial charge on any atom is -0.368 e. The minimum absolute atomic E-state index is 0.0334. The fourth-order valence-corrected chi connectivity index (χ4v) is 1.15. The van der Waals surface area contributed by atoms with Crippen LogP contribution >= 0.6 is 0 Å². The van der Waals surface area contributed by atoms with Crippen LogP contribution in [-0.4, -0.2) is 16.9 Å². The van der Waals surface area contributed by atoms with E-state index in [1.54, 1.807) is 19.1 Å². The van der Waals surface area contributed by atoms with Gasteiger partial charge in [-0.05, 0) is 12.5 Å². The molecule has 86 valence electrons. The predicted molar refractivity (Wildman–Crippen MR) is 58.6 cm³/mol. The third-order valence-corrected chi connectivity index (χ3v) is 2.16. The summed E-state index contributed by atoms with van der Waals surface area (Å²) in [4.78, 5) is 20.8. The number of primary amides is 1. The second kappa shape index (κ2) is 5.22. The molecule has 0 aliphatic rings. The number of hydrogen-bond donors (Lipinski definition) is 2. The van der Waals surface area contributed by atoms with Gasteiger partial charge in [-0.1, -0.05) is 12.1 Å². The Bertz CT molecular complexity index is 406. The van der Waals surface area contributed by atoms with Crippen LogP contribution in [0.3, 0.4) is 0 Å². The lowest BCUT2D eigenvalue weighted by molar-refractivity contribution is -0.384. The molecule has 1 unspecified atom stereocenters. The van der Waals surface area contributed by atoms with Gasteiger partial charge in [0.25, 0.3) is 5.69 Å². The third-order valence-electron chi connectivity index (χ3n) is 2.16. The van der Waals surface area contributed by atoms with E-state index >= 15 is 0 Å². The first-order valence-corrected chi connectivity index (χ1v) is 4.76. The first-order chi connectivity index (χ1) is 7.50. The Morgan fingerprint density at radius 2 is 2.31 bits per heavy atom. The molecule has 1 aromatic carbocycles. The van der Waals surface area contributed by atoms with Crippen LogP contribution in [0, 0.1) is 10.1 Å². The zero-order valence-corrected chi connectivity index (χ0v) is 8.84. The molecule has 0 bridgehead atoms.